The molecule has 0 amide bonds. The van der Waals surface area contributed by atoms with E-state index in [1.807, 2.05) is 42.5 Å². The van der Waals surface area contributed by atoms with Crippen molar-refractivity contribution in [2.75, 3.05) is 42.3 Å². The summed E-state index contributed by atoms with van der Waals surface area (Å²) >= 11 is 0. The summed E-state index contributed by atoms with van der Waals surface area (Å²) in [5.41, 5.74) is -1.30. The van der Waals surface area contributed by atoms with Gasteiger partial charge in [-0.2, -0.15) is 68.6 Å². The van der Waals surface area contributed by atoms with E-state index in [0.717, 1.165) is 16.3 Å². The third-order valence-electron chi connectivity index (χ3n) is 4.87. The number of halogens is 6. The van der Waals surface area contributed by atoms with Crippen LogP contribution in [-0.4, -0.2) is 47.3 Å². The summed E-state index contributed by atoms with van der Waals surface area (Å²) in [6, 6.07) is 19.9. The van der Waals surface area contributed by atoms with Crippen LogP contribution in [0.4, 0.5) is 32.0 Å². The van der Waals surface area contributed by atoms with E-state index in [1.165, 1.54) is 0 Å². The zero-order chi connectivity index (χ0) is 31.1. The minimum atomic E-state index is -4.92. The van der Waals surface area contributed by atoms with Crippen molar-refractivity contribution in [3.63, 3.8) is 0 Å². The molecule has 0 fully saturated rings. The molecule has 5 nitrogen and oxygen atoms in total. The van der Waals surface area contributed by atoms with Crippen LogP contribution in [0.2, 0.25) is 0 Å². The van der Waals surface area contributed by atoms with Crippen LogP contribution in [0.25, 0.3) is 43.3 Å². The molecule has 4 rings (SSSR count). The Bertz CT molecular complexity index is 1290. The second kappa shape index (κ2) is 19.4. The van der Waals surface area contributed by atoms with Gasteiger partial charge in [-0.3, -0.25) is 4.98 Å². The smallest absolute Gasteiger partial charge is 0.679 e. The van der Waals surface area contributed by atoms with Gasteiger partial charge in [0.2, 0.25) is 0 Å². The Morgan fingerprint density at radius 2 is 1.10 bits per heavy atom. The van der Waals surface area contributed by atoms with Crippen molar-refractivity contribution in [2.24, 2.45) is 0 Å². The summed E-state index contributed by atoms with van der Waals surface area (Å²) in [5.74, 6) is 0. The Morgan fingerprint density at radius 1 is 0.619 bits per heavy atom. The topological polar surface area (TPSA) is 69.3 Å². The van der Waals surface area contributed by atoms with Gasteiger partial charge in [0.1, 0.15) is 0 Å². The third-order valence-corrected chi connectivity index (χ3v) is 4.87. The predicted molar refractivity (Wildman–Crippen MR) is 156 cm³/mol. The largest absolute Gasteiger partial charge is 4.00 e. The number of pyridine rings is 1. The Labute approximate surface area is 262 Å². The molecule has 0 unspecified atom stereocenters. The van der Waals surface area contributed by atoms with Crippen molar-refractivity contribution < 1.29 is 52.2 Å². The zero-order valence-corrected chi connectivity index (χ0v) is 27.8. The van der Waals surface area contributed by atoms with Crippen LogP contribution in [0.1, 0.15) is 16.8 Å². The van der Waals surface area contributed by atoms with Gasteiger partial charge in [-0.25, -0.2) is 0 Å². The predicted octanol–water partition coefficient (Wildman–Crippen LogP) is 10.0. The van der Waals surface area contributed by atoms with Gasteiger partial charge < -0.3 is 21.3 Å². The molecule has 0 radical (unpaired) electrons. The van der Waals surface area contributed by atoms with Crippen LogP contribution in [0.15, 0.2) is 78.9 Å². The van der Waals surface area contributed by atoms with Crippen molar-refractivity contribution >= 4 is 16.5 Å². The normalized spacial score (nSPS) is 10.6. The first-order chi connectivity index (χ1) is 19.4. The Hall–Kier alpha value is -2.80. The van der Waals surface area contributed by atoms with Gasteiger partial charge in [0.05, 0.1) is 16.8 Å². The maximum absolute atomic E-state index is 13.0. The zero-order valence-electron chi connectivity index (χ0n) is 24.2. The molecular weight excluding hydrogens is 723 g/mol. The molecule has 12 heteroatoms. The van der Waals surface area contributed by atoms with Crippen molar-refractivity contribution in [3.05, 3.63) is 117 Å². The molecule has 42 heavy (non-hydrogen) atoms. The maximum atomic E-state index is 13.0. The first-order valence-electron chi connectivity index (χ1n) is 12.2. The van der Waals surface area contributed by atoms with Crippen LogP contribution >= 0.6 is 0 Å². The van der Waals surface area contributed by atoms with E-state index in [0.29, 0.717) is 23.5 Å². The fourth-order valence-corrected chi connectivity index (χ4v) is 3.37. The third kappa shape index (κ3) is 13.0. The van der Waals surface area contributed by atoms with Gasteiger partial charge in [-0.15, -0.1) is 5.69 Å². The molecule has 1 aromatic heterocycles. The molecule has 0 saturated heterocycles. The molecule has 0 N–H and O–H groups in total. The summed E-state index contributed by atoms with van der Waals surface area (Å²) in [6.45, 7) is -0.169. The first kappa shape index (κ1) is 39.2. The standard InChI is InChI=1S/C24H15F6N2.3C2H6N.Hf/c25-23(26,27)16-11-17(24(28,29)30)13-19(12-16)31-14-18-7-4-10-22(32-18)21-9-3-6-15-5-1-2-8-20(15)21;3*1-3-2;/h1-13H,14H2;3*1-2H3;/q4*-1;+4. The van der Waals surface area contributed by atoms with Crippen molar-refractivity contribution in [1.29, 1.82) is 0 Å². The molecule has 0 bridgehead atoms. The molecule has 0 atom stereocenters. The van der Waals surface area contributed by atoms with E-state index >= 15 is 0 Å². The molecule has 0 aliphatic rings. The van der Waals surface area contributed by atoms with E-state index in [4.69, 9.17) is 0 Å². The number of fused-ring (bicyclic) bond motifs is 1. The quantitative estimate of drug-likeness (QED) is 0.151. The number of hydrogen-bond donors (Lipinski definition) is 0. The van der Waals surface area contributed by atoms with E-state index < -0.39 is 29.2 Å². The second-order valence-corrected chi connectivity index (χ2v) is 8.46. The average Bonchev–Trinajstić information content (AvgIpc) is 2.92. The van der Waals surface area contributed by atoms with Crippen LogP contribution in [0.3, 0.4) is 0 Å². The summed E-state index contributed by atoms with van der Waals surface area (Å²) < 4.78 is 78.3. The summed E-state index contributed by atoms with van der Waals surface area (Å²) in [4.78, 5) is 4.51. The van der Waals surface area contributed by atoms with E-state index in [9.17, 15) is 26.3 Å². The molecule has 1 heterocycles. The van der Waals surface area contributed by atoms with Crippen molar-refractivity contribution in [1.82, 2.24) is 4.98 Å². The van der Waals surface area contributed by atoms with Gasteiger partial charge >= 0.3 is 38.2 Å². The van der Waals surface area contributed by atoms with Gasteiger partial charge in [0, 0.05) is 11.3 Å². The second-order valence-electron chi connectivity index (χ2n) is 8.46. The van der Waals surface area contributed by atoms with Crippen molar-refractivity contribution in [2.45, 2.75) is 18.9 Å². The van der Waals surface area contributed by atoms with Gasteiger partial charge in [0.25, 0.3) is 0 Å². The Balaban J connectivity index is 0.00000150. The maximum Gasteiger partial charge on any atom is 4.00 e. The molecular formula is C30H33F6HfN5. The van der Waals surface area contributed by atoms with E-state index in [1.54, 1.807) is 60.5 Å². The fourth-order valence-electron chi connectivity index (χ4n) is 3.37. The minimum Gasteiger partial charge on any atom is -0.679 e. The van der Waals surface area contributed by atoms with E-state index in [2.05, 4.69) is 26.3 Å². The minimum absolute atomic E-state index is 0. The molecule has 3 aromatic carbocycles. The van der Waals surface area contributed by atoms with Gasteiger partial charge in [0.15, 0.2) is 0 Å². The summed E-state index contributed by atoms with van der Waals surface area (Å²) in [7, 11) is 10.5. The Kier molecular flexibility index (Phi) is 18.1. The molecule has 0 aliphatic heterocycles. The van der Waals surface area contributed by atoms with Crippen LogP contribution in [0, 0.1) is 0 Å². The monoisotopic (exact) mass is 757 g/mol. The van der Waals surface area contributed by atoms with Crippen LogP contribution in [0.5, 0.6) is 0 Å². The molecule has 0 saturated carbocycles. The Morgan fingerprint density at radius 3 is 1.62 bits per heavy atom. The van der Waals surface area contributed by atoms with Crippen LogP contribution < -0.4 is 0 Å². The number of nitrogens with zero attached hydrogens (tertiary/aromatic N) is 5. The first-order valence-corrected chi connectivity index (χ1v) is 12.2. The molecule has 0 aliphatic carbocycles. The average molecular weight is 756 g/mol. The number of alkyl halides is 6. The number of rotatable bonds is 4. The number of hydrogen-bond acceptors (Lipinski definition) is 1. The van der Waals surface area contributed by atoms with Crippen LogP contribution in [-0.2, 0) is 44.7 Å². The van der Waals surface area contributed by atoms with E-state index in [-0.39, 0.29) is 38.5 Å². The van der Waals surface area contributed by atoms with Gasteiger partial charge in [-0.1, -0.05) is 67.2 Å². The molecule has 0 spiro atoms. The fraction of sp³-hybridized carbons (Fsp3) is 0.300. The van der Waals surface area contributed by atoms with Crippen molar-refractivity contribution in [3.8, 4) is 11.3 Å². The summed E-state index contributed by atoms with van der Waals surface area (Å²) in [6.07, 6.45) is -9.84. The van der Waals surface area contributed by atoms with Gasteiger partial charge in [-0.05, 0) is 29.0 Å². The summed E-state index contributed by atoms with van der Waals surface area (Å²) in [5, 5.41) is 16.5. The number of benzene rings is 3. The number of aromatic nitrogens is 1. The SMILES string of the molecule is C[N-]C.C[N-]C.C[N-]C.FC(F)(F)c1cc([N-]Cc2cccc(-c3cccc4ccccc34)n2)cc(C(F)(F)F)c1.[Hf+4]. The molecule has 4 aromatic rings. The molecule has 224 valence electrons.